The van der Waals surface area contributed by atoms with E-state index in [-0.39, 0.29) is 16.9 Å². The van der Waals surface area contributed by atoms with Crippen molar-refractivity contribution >= 4 is 43.3 Å². The van der Waals surface area contributed by atoms with E-state index < -0.39 is 5.97 Å². The molecule has 1 heterocycles. The predicted octanol–water partition coefficient (Wildman–Crippen LogP) is 4.98. The minimum absolute atomic E-state index is 0.0257. The van der Waals surface area contributed by atoms with E-state index in [2.05, 4.69) is 6.07 Å². The molecule has 0 aliphatic heterocycles. The monoisotopic (exact) mass is 332 g/mol. The highest BCUT2D eigenvalue weighted by Crippen LogP contribution is 2.34. The maximum atomic E-state index is 12.8. The smallest absolute Gasteiger partial charge is 0.336 e. The summed E-state index contributed by atoms with van der Waals surface area (Å²) in [6, 6.07) is 19.9. The Kier molecular flexibility index (Phi) is 3.40. The van der Waals surface area contributed by atoms with Crippen LogP contribution >= 0.6 is 11.3 Å². The van der Waals surface area contributed by atoms with Gasteiger partial charge in [-0.15, -0.1) is 11.3 Å². The number of carbonyl (C=O) groups excluding carboxylic acids is 1. The van der Waals surface area contributed by atoms with Gasteiger partial charge in [-0.2, -0.15) is 0 Å². The molecule has 1 N–H and O–H groups in total. The lowest BCUT2D eigenvalue weighted by atomic mass is 9.97. The molecule has 0 radical (unpaired) electrons. The lowest BCUT2D eigenvalue weighted by molar-refractivity contribution is 0.0693. The van der Waals surface area contributed by atoms with Crippen LogP contribution in [0, 0.1) is 0 Å². The Morgan fingerprint density at radius 1 is 0.750 bits per heavy atom. The molecule has 0 amide bonds. The van der Waals surface area contributed by atoms with E-state index in [1.54, 1.807) is 35.6 Å². The first-order chi connectivity index (χ1) is 11.6. The van der Waals surface area contributed by atoms with E-state index in [4.69, 9.17) is 0 Å². The number of aromatic carboxylic acids is 1. The Labute approximate surface area is 141 Å². The predicted molar refractivity (Wildman–Crippen MR) is 96.2 cm³/mol. The van der Waals surface area contributed by atoms with Crippen molar-refractivity contribution in [3.05, 3.63) is 83.4 Å². The topological polar surface area (TPSA) is 54.4 Å². The number of rotatable bonds is 3. The van der Waals surface area contributed by atoms with Crippen molar-refractivity contribution in [2.24, 2.45) is 0 Å². The Hall–Kier alpha value is -2.98. The molecular formula is C20H12O3S. The van der Waals surface area contributed by atoms with Crippen molar-refractivity contribution in [1.29, 1.82) is 0 Å². The summed E-state index contributed by atoms with van der Waals surface area (Å²) >= 11 is 1.68. The average molecular weight is 332 g/mol. The summed E-state index contributed by atoms with van der Waals surface area (Å²) in [5.41, 5.74) is 0.737. The zero-order valence-electron chi connectivity index (χ0n) is 12.5. The third-order valence-corrected chi connectivity index (χ3v) is 5.19. The van der Waals surface area contributed by atoms with Crippen molar-refractivity contribution in [2.45, 2.75) is 0 Å². The molecule has 4 heteroatoms. The van der Waals surface area contributed by atoms with Crippen LogP contribution < -0.4 is 0 Å². The number of carboxylic acid groups (broad SMARTS) is 1. The summed E-state index contributed by atoms with van der Waals surface area (Å²) in [6.45, 7) is 0. The molecule has 116 valence electrons. The summed E-state index contributed by atoms with van der Waals surface area (Å²) in [4.78, 5) is 24.2. The molecule has 24 heavy (non-hydrogen) atoms. The van der Waals surface area contributed by atoms with Crippen LogP contribution in [0.15, 0.2) is 66.7 Å². The zero-order valence-corrected chi connectivity index (χ0v) is 13.3. The van der Waals surface area contributed by atoms with Gasteiger partial charge in [0.2, 0.25) is 0 Å². The molecule has 4 rings (SSSR count). The average Bonchev–Trinajstić information content (AvgIpc) is 2.99. The fraction of sp³-hybridized carbons (Fsp3) is 0. The van der Waals surface area contributed by atoms with Gasteiger partial charge in [-0.25, -0.2) is 4.79 Å². The van der Waals surface area contributed by atoms with Gasteiger partial charge in [0.15, 0.2) is 5.78 Å². The van der Waals surface area contributed by atoms with E-state index in [0.717, 1.165) is 15.5 Å². The summed E-state index contributed by atoms with van der Waals surface area (Å²) < 4.78 is 2.28. The summed E-state index contributed by atoms with van der Waals surface area (Å²) in [5, 5.41) is 11.4. The van der Waals surface area contributed by atoms with Gasteiger partial charge in [0.25, 0.3) is 0 Å². The maximum Gasteiger partial charge on any atom is 0.336 e. The number of hydrogen-bond donors (Lipinski definition) is 1. The third kappa shape index (κ3) is 2.28. The van der Waals surface area contributed by atoms with E-state index in [1.807, 2.05) is 30.3 Å². The lowest BCUT2D eigenvalue weighted by Crippen LogP contribution is -2.09. The number of hydrogen-bond acceptors (Lipinski definition) is 3. The van der Waals surface area contributed by atoms with E-state index in [9.17, 15) is 14.7 Å². The number of ketones is 1. The third-order valence-electron chi connectivity index (χ3n) is 4.04. The van der Waals surface area contributed by atoms with Gasteiger partial charge < -0.3 is 5.11 Å². The normalized spacial score (nSPS) is 11.0. The maximum absolute atomic E-state index is 12.8. The summed E-state index contributed by atoms with van der Waals surface area (Å²) in [7, 11) is 0. The van der Waals surface area contributed by atoms with Gasteiger partial charge in [-0.1, -0.05) is 36.4 Å². The Bertz CT molecular complexity index is 1110. The minimum atomic E-state index is -1.10. The highest BCUT2D eigenvalue weighted by Gasteiger charge is 2.18. The molecular weight excluding hydrogens is 320 g/mol. The molecule has 3 nitrogen and oxygen atoms in total. The number of thiophene rings is 1. The second-order valence-corrected chi connectivity index (χ2v) is 6.57. The van der Waals surface area contributed by atoms with Gasteiger partial charge in [0.05, 0.1) is 5.56 Å². The van der Waals surface area contributed by atoms with E-state index >= 15 is 0 Å². The molecule has 0 unspecified atom stereocenters. The molecule has 0 saturated carbocycles. The number of carbonyl (C=O) groups is 2. The molecule has 0 bridgehead atoms. The molecule has 0 spiro atoms. The first-order valence-corrected chi connectivity index (χ1v) is 8.25. The molecule has 1 aromatic heterocycles. The Balaban J connectivity index is 1.89. The van der Waals surface area contributed by atoms with Crippen LogP contribution in [0.5, 0.6) is 0 Å². The van der Waals surface area contributed by atoms with Crippen LogP contribution in [-0.4, -0.2) is 16.9 Å². The molecule has 0 atom stereocenters. The SMILES string of the molecule is O=C(O)c1ccccc1C(=O)c1ccc2sc3ccccc3c2c1. The summed E-state index contributed by atoms with van der Waals surface area (Å²) in [5.74, 6) is -1.37. The van der Waals surface area contributed by atoms with Crippen molar-refractivity contribution in [2.75, 3.05) is 0 Å². The van der Waals surface area contributed by atoms with Gasteiger partial charge in [-0.05, 0) is 30.3 Å². The highest BCUT2D eigenvalue weighted by atomic mass is 32.1. The minimum Gasteiger partial charge on any atom is -0.478 e. The highest BCUT2D eigenvalue weighted by molar-refractivity contribution is 7.25. The van der Waals surface area contributed by atoms with Crippen LogP contribution in [0.3, 0.4) is 0 Å². The second-order valence-electron chi connectivity index (χ2n) is 5.49. The fourth-order valence-corrected chi connectivity index (χ4v) is 3.98. The number of benzene rings is 3. The molecule has 0 aliphatic carbocycles. The van der Waals surface area contributed by atoms with Crippen molar-refractivity contribution in [3.63, 3.8) is 0 Å². The van der Waals surface area contributed by atoms with Gasteiger partial charge in [0.1, 0.15) is 0 Å². The molecule has 0 aliphatic rings. The van der Waals surface area contributed by atoms with Crippen LogP contribution in [-0.2, 0) is 0 Å². The molecule has 3 aromatic carbocycles. The van der Waals surface area contributed by atoms with Crippen molar-refractivity contribution in [3.8, 4) is 0 Å². The fourth-order valence-electron chi connectivity index (χ4n) is 2.89. The quantitative estimate of drug-likeness (QED) is 0.538. The van der Waals surface area contributed by atoms with Crippen molar-refractivity contribution < 1.29 is 14.7 Å². The first kappa shape index (κ1) is 14.6. The van der Waals surface area contributed by atoms with Crippen molar-refractivity contribution in [1.82, 2.24) is 0 Å². The second kappa shape index (κ2) is 5.58. The number of carboxylic acids is 1. The molecule has 4 aromatic rings. The zero-order chi connectivity index (χ0) is 16.7. The molecule has 0 saturated heterocycles. The Morgan fingerprint density at radius 3 is 2.21 bits per heavy atom. The van der Waals surface area contributed by atoms with Gasteiger partial charge in [-0.3, -0.25) is 4.79 Å². The van der Waals surface area contributed by atoms with Gasteiger partial charge >= 0.3 is 5.97 Å². The summed E-state index contributed by atoms with van der Waals surface area (Å²) in [6.07, 6.45) is 0. The van der Waals surface area contributed by atoms with Crippen LogP contribution in [0.4, 0.5) is 0 Å². The lowest BCUT2D eigenvalue weighted by Gasteiger charge is -2.05. The van der Waals surface area contributed by atoms with Crippen LogP contribution in [0.2, 0.25) is 0 Å². The largest absolute Gasteiger partial charge is 0.478 e. The van der Waals surface area contributed by atoms with Crippen LogP contribution in [0.1, 0.15) is 26.3 Å². The number of fused-ring (bicyclic) bond motifs is 3. The first-order valence-electron chi connectivity index (χ1n) is 7.43. The van der Waals surface area contributed by atoms with E-state index in [1.165, 1.54) is 10.8 Å². The van der Waals surface area contributed by atoms with E-state index in [0.29, 0.717) is 5.56 Å². The standard InChI is InChI=1S/C20H12O3S/c21-19(14-6-1-2-7-15(14)20(22)23)12-9-10-18-16(11-12)13-5-3-4-8-17(13)24-18/h1-11H,(H,22,23). The Morgan fingerprint density at radius 2 is 1.42 bits per heavy atom. The molecule has 0 fully saturated rings. The van der Waals surface area contributed by atoms with Crippen LogP contribution in [0.25, 0.3) is 20.2 Å². The van der Waals surface area contributed by atoms with Gasteiger partial charge in [0, 0.05) is 31.3 Å².